The number of aliphatic hydroxyl groups is 1. The molecule has 3 N–H and O–H groups in total. The van der Waals surface area contributed by atoms with Crippen molar-refractivity contribution in [2.24, 2.45) is 0 Å². The number of nitrogens with zero attached hydrogens (tertiary/aromatic N) is 1. The van der Waals surface area contributed by atoms with Gasteiger partial charge < -0.3 is 34.7 Å². The third-order valence-electron chi connectivity index (χ3n) is 11.0. The second-order valence-electron chi connectivity index (χ2n) is 14.8. The predicted octanol–water partition coefficient (Wildman–Crippen LogP) is 7.19. The van der Waals surface area contributed by atoms with E-state index < -0.39 is 18.4 Å². The molecule has 0 radical (unpaired) electrons. The highest BCUT2D eigenvalue weighted by molar-refractivity contribution is 5.87. The maximum absolute atomic E-state index is 12.9. The first-order chi connectivity index (χ1) is 27.8. The van der Waals surface area contributed by atoms with E-state index in [1.165, 1.54) is 18.1 Å². The molecule has 1 saturated heterocycles. The van der Waals surface area contributed by atoms with Crippen LogP contribution < -0.4 is 20.1 Å². The van der Waals surface area contributed by atoms with E-state index in [4.69, 9.17) is 18.9 Å². The van der Waals surface area contributed by atoms with Gasteiger partial charge in [0.05, 0.1) is 39.1 Å². The van der Waals surface area contributed by atoms with Gasteiger partial charge in [-0.15, -0.1) is 0 Å². The second-order valence-corrected chi connectivity index (χ2v) is 14.8. The van der Waals surface area contributed by atoms with Crippen molar-refractivity contribution in [1.82, 2.24) is 15.5 Å². The minimum Gasteiger partial charge on any atom is -0.493 e. The number of urea groups is 1. The van der Waals surface area contributed by atoms with E-state index in [1.807, 2.05) is 84.9 Å². The number of methoxy groups -OCH3 is 2. The van der Waals surface area contributed by atoms with Gasteiger partial charge in [-0.3, -0.25) is 9.69 Å². The molecule has 5 aromatic carbocycles. The van der Waals surface area contributed by atoms with Crippen LogP contribution in [0, 0.1) is 0 Å². The molecule has 2 aliphatic heterocycles. The molecule has 0 bridgehead atoms. The molecule has 10 heteroatoms. The predicted molar refractivity (Wildman–Crippen MR) is 218 cm³/mol. The van der Waals surface area contributed by atoms with Crippen LogP contribution in [-0.4, -0.2) is 61.3 Å². The molecule has 2 aliphatic rings. The van der Waals surface area contributed by atoms with Crippen LogP contribution in [-0.2, 0) is 46.8 Å². The van der Waals surface area contributed by atoms with Crippen LogP contribution in [0.1, 0.15) is 69.7 Å². The number of nitrogens with one attached hydrogen (secondary N) is 2. The standard InChI is InChI=1S/C47H51N3O7/c1-31(52)40(24-32-10-6-4-7-11-32)49-47(53)48-27-33-14-20-37(21-15-33)46-56-43(29-50-23-22-38-25-41(54-2)42(55-3)26-39(38)28-50)44(35-12-8-5-9-13-35)45(57-46)36-18-16-34(30-51)17-19-36/h4-21,25-26,40,43-46,51H,22-24,27-30H2,1-3H3,(H2,48,49,53). The normalized spacial score (nSPS) is 19.9. The minimum atomic E-state index is -0.668. The van der Waals surface area contributed by atoms with Crippen LogP contribution >= 0.6 is 0 Å². The number of rotatable bonds is 14. The summed E-state index contributed by atoms with van der Waals surface area (Å²) in [5, 5.41) is 15.5. The molecule has 0 aromatic heterocycles. The zero-order valence-corrected chi connectivity index (χ0v) is 32.7. The summed E-state index contributed by atoms with van der Waals surface area (Å²) in [4.78, 5) is 27.7. The molecule has 5 atom stereocenters. The molecular weight excluding hydrogens is 719 g/mol. The van der Waals surface area contributed by atoms with Crippen molar-refractivity contribution in [2.75, 3.05) is 27.3 Å². The molecule has 2 heterocycles. The molecule has 0 aliphatic carbocycles. The Morgan fingerprint density at radius 3 is 2.05 bits per heavy atom. The van der Waals surface area contributed by atoms with E-state index in [0.717, 1.165) is 64.4 Å². The van der Waals surface area contributed by atoms with Crippen molar-refractivity contribution in [3.05, 3.63) is 166 Å². The number of hydrogen-bond acceptors (Lipinski definition) is 8. The largest absolute Gasteiger partial charge is 0.493 e. The Hall–Kier alpha value is -5.52. The van der Waals surface area contributed by atoms with Crippen LogP contribution in [0.2, 0.25) is 0 Å². The molecule has 0 saturated carbocycles. The summed E-state index contributed by atoms with van der Waals surface area (Å²) < 4.78 is 25.2. The molecular formula is C47H51N3O7. The van der Waals surface area contributed by atoms with Crippen LogP contribution in [0.15, 0.2) is 121 Å². The summed E-state index contributed by atoms with van der Waals surface area (Å²) in [6.07, 6.45) is 0.0396. The third-order valence-corrected chi connectivity index (χ3v) is 11.0. The Bertz CT molecular complexity index is 2090. The first kappa shape index (κ1) is 39.7. The number of aliphatic hydroxyl groups excluding tert-OH is 1. The molecule has 2 amide bonds. The lowest BCUT2D eigenvalue weighted by atomic mass is 9.82. The van der Waals surface area contributed by atoms with Crippen molar-refractivity contribution in [3.8, 4) is 11.5 Å². The molecule has 1 fully saturated rings. The molecule has 7 rings (SSSR count). The van der Waals surface area contributed by atoms with Gasteiger partial charge in [0.2, 0.25) is 0 Å². The number of carbonyl (C=O) groups excluding carboxylic acids is 2. The van der Waals surface area contributed by atoms with Gasteiger partial charge in [-0.05, 0) is 70.8 Å². The molecule has 10 nitrogen and oxygen atoms in total. The van der Waals surface area contributed by atoms with Gasteiger partial charge in [0.25, 0.3) is 0 Å². The molecule has 5 aromatic rings. The van der Waals surface area contributed by atoms with E-state index >= 15 is 0 Å². The lowest BCUT2D eigenvalue weighted by molar-refractivity contribution is -0.263. The number of Topliss-reactive ketones (excluding diaryl/α,β-unsaturated/α-hetero) is 1. The average Bonchev–Trinajstić information content (AvgIpc) is 3.25. The van der Waals surface area contributed by atoms with Crippen molar-refractivity contribution in [2.45, 2.75) is 69.9 Å². The zero-order valence-electron chi connectivity index (χ0n) is 32.7. The molecule has 0 spiro atoms. The lowest BCUT2D eigenvalue weighted by Gasteiger charge is -2.45. The highest BCUT2D eigenvalue weighted by Gasteiger charge is 2.43. The number of carbonyl (C=O) groups is 2. The fourth-order valence-corrected chi connectivity index (χ4v) is 7.85. The van der Waals surface area contributed by atoms with Gasteiger partial charge in [-0.1, -0.05) is 109 Å². The first-order valence-electron chi connectivity index (χ1n) is 19.5. The quantitative estimate of drug-likeness (QED) is 0.109. The maximum Gasteiger partial charge on any atom is 0.315 e. The Balaban J connectivity index is 1.11. The summed E-state index contributed by atoms with van der Waals surface area (Å²) in [5.74, 6) is 1.23. The molecule has 5 unspecified atom stereocenters. The van der Waals surface area contributed by atoms with E-state index in [1.54, 1.807) is 14.2 Å². The lowest BCUT2D eigenvalue weighted by Crippen LogP contribution is -2.46. The van der Waals surface area contributed by atoms with Crippen LogP contribution in [0.5, 0.6) is 11.5 Å². The Labute approximate surface area is 334 Å². The summed E-state index contributed by atoms with van der Waals surface area (Å²) in [6, 6.07) is 39.0. The Morgan fingerprint density at radius 1 is 0.772 bits per heavy atom. The Morgan fingerprint density at radius 2 is 1.40 bits per heavy atom. The third kappa shape index (κ3) is 9.72. The fraction of sp³-hybridized carbons (Fsp3) is 0.319. The number of benzene rings is 5. The molecule has 57 heavy (non-hydrogen) atoms. The van der Waals surface area contributed by atoms with Gasteiger partial charge in [0.1, 0.15) is 0 Å². The highest BCUT2D eigenvalue weighted by Crippen LogP contribution is 2.47. The van der Waals surface area contributed by atoms with E-state index in [0.29, 0.717) is 13.0 Å². The summed E-state index contributed by atoms with van der Waals surface area (Å²) >= 11 is 0. The van der Waals surface area contributed by atoms with Gasteiger partial charge in [-0.25, -0.2) is 4.79 Å². The monoisotopic (exact) mass is 769 g/mol. The van der Waals surface area contributed by atoms with Gasteiger partial charge in [-0.2, -0.15) is 0 Å². The number of fused-ring (bicyclic) bond motifs is 1. The van der Waals surface area contributed by atoms with E-state index in [2.05, 4.69) is 51.9 Å². The minimum absolute atomic E-state index is 0.0385. The average molecular weight is 770 g/mol. The maximum atomic E-state index is 12.9. The van der Waals surface area contributed by atoms with E-state index in [-0.39, 0.29) is 37.1 Å². The smallest absolute Gasteiger partial charge is 0.315 e. The van der Waals surface area contributed by atoms with Gasteiger partial charge >= 0.3 is 6.03 Å². The van der Waals surface area contributed by atoms with Crippen LogP contribution in [0.4, 0.5) is 4.79 Å². The summed E-state index contributed by atoms with van der Waals surface area (Å²) in [6.45, 7) is 4.00. The number of ether oxygens (including phenoxy) is 4. The topological polar surface area (TPSA) is 119 Å². The highest BCUT2D eigenvalue weighted by atomic mass is 16.7. The first-order valence-corrected chi connectivity index (χ1v) is 19.5. The number of amides is 2. The SMILES string of the molecule is COc1cc2c(cc1OC)CN(CC1OC(c3ccc(CNC(=O)NC(Cc4ccccc4)C(C)=O)cc3)OC(c3ccc(CO)cc3)C1c1ccccc1)CC2. The van der Waals surface area contributed by atoms with Crippen LogP contribution in [0.25, 0.3) is 0 Å². The van der Waals surface area contributed by atoms with Crippen molar-refractivity contribution >= 4 is 11.8 Å². The summed E-state index contributed by atoms with van der Waals surface area (Å²) in [5.41, 5.74) is 8.15. The van der Waals surface area contributed by atoms with Gasteiger partial charge in [0, 0.05) is 37.7 Å². The number of hydrogen-bond donors (Lipinski definition) is 3. The second kappa shape index (κ2) is 18.6. The van der Waals surface area contributed by atoms with Crippen molar-refractivity contribution in [1.29, 1.82) is 0 Å². The van der Waals surface area contributed by atoms with Crippen molar-refractivity contribution in [3.63, 3.8) is 0 Å². The van der Waals surface area contributed by atoms with Crippen LogP contribution in [0.3, 0.4) is 0 Å². The molecule has 296 valence electrons. The van der Waals surface area contributed by atoms with Gasteiger partial charge in [0.15, 0.2) is 23.6 Å². The van der Waals surface area contributed by atoms with Crippen molar-refractivity contribution < 1.29 is 33.6 Å². The summed E-state index contributed by atoms with van der Waals surface area (Å²) in [7, 11) is 3.33. The zero-order chi connectivity index (χ0) is 39.7. The fourth-order valence-electron chi connectivity index (χ4n) is 7.85. The van der Waals surface area contributed by atoms with E-state index in [9.17, 15) is 14.7 Å². The Kier molecular flexibility index (Phi) is 13.0. The number of ketones is 1.